The van der Waals surface area contributed by atoms with Crippen molar-refractivity contribution in [3.8, 4) is 0 Å². The molecular formula is C14H17NO5S. The van der Waals surface area contributed by atoms with Gasteiger partial charge in [-0.3, -0.25) is 4.79 Å². The fraction of sp³-hybridized carbons (Fsp3) is 0.429. The number of carbonyl (C=O) groups excluding carboxylic acids is 1. The van der Waals surface area contributed by atoms with Crippen LogP contribution in [-0.2, 0) is 21.1 Å². The number of carbonyl (C=O) groups is 2. The predicted octanol–water partition coefficient (Wildman–Crippen LogP) is 0.621. The first kappa shape index (κ1) is 15.5. The van der Waals surface area contributed by atoms with E-state index in [0.29, 0.717) is 18.4 Å². The maximum absolute atomic E-state index is 11.9. The second kappa shape index (κ2) is 6.26. The Labute approximate surface area is 123 Å². The van der Waals surface area contributed by atoms with E-state index in [1.54, 1.807) is 12.1 Å². The fourth-order valence-corrected chi connectivity index (χ4v) is 4.05. The monoisotopic (exact) mass is 311 g/mol. The van der Waals surface area contributed by atoms with Gasteiger partial charge in [0, 0.05) is 6.04 Å². The average Bonchev–Trinajstić information content (AvgIpc) is 2.37. The number of carboxylic acids is 1. The Hall–Kier alpha value is -1.89. The third kappa shape index (κ3) is 4.56. The second-order valence-electron chi connectivity index (χ2n) is 5.20. The summed E-state index contributed by atoms with van der Waals surface area (Å²) < 4.78 is 23.0. The van der Waals surface area contributed by atoms with Gasteiger partial charge in [-0.2, -0.15) is 0 Å². The smallest absolute Gasteiger partial charge is 0.335 e. The summed E-state index contributed by atoms with van der Waals surface area (Å²) in [6.45, 7) is 0. The van der Waals surface area contributed by atoms with Gasteiger partial charge in [0.2, 0.25) is 5.91 Å². The highest BCUT2D eigenvalue weighted by Gasteiger charge is 2.25. The van der Waals surface area contributed by atoms with Crippen molar-refractivity contribution >= 4 is 21.7 Å². The van der Waals surface area contributed by atoms with Gasteiger partial charge in [0.25, 0.3) is 0 Å². The van der Waals surface area contributed by atoms with Gasteiger partial charge in [-0.25, -0.2) is 13.2 Å². The summed E-state index contributed by atoms with van der Waals surface area (Å²) in [6.07, 6.45) is 1.25. The average molecular weight is 311 g/mol. The molecule has 114 valence electrons. The number of aromatic carboxylic acids is 1. The molecule has 21 heavy (non-hydrogen) atoms. The zero-order valence-electron chi connectivity index (χ0n) is 11.4. The van der Waals surface area contributed by atoms with Crippen LogP contribution < -0.4 is 5.32 Å². The van der Waals surface area contributed by atoms with Crippen LogP contribution in [0.2, 0.25) is 0 Å². The Morgan fingerprint density at radius 1 is 1.33 bits per heavy atom. The Bertz CT molecular complexity index is 653. The first-order valence-electron chi connectivity index (χ1n) is 6.68. The minimum Gasteiger partial charge on any atom is -0.478 e. The molecule has 2 N–H and O–H groups in total. The summed E-state index contributed by atoms with van der Waals surface area (Å²) in [5.41, 5.74) is 0.714. The molecule has 1 unspecified atom stereocenters. The van der Waals surface area contributed by atoms with E-state index in [4.69, 9.17) is 5.11 Å². The molecule has 1 atom stereocenters. The zero-order chi connectivity index (χ0) is 15.5. The summed E-state index contributed by atoms with van der Waals surface area (Å²) in [6, 6.07) is 5.80. The lowest BCUT2D eigenvalue weighted by Gasteiger charge is -2.23. The Morgan fingerprint density at radius 2 is 2.10 bits per heavy atom. The van der Waals surface area contributed by atoms with E-state index in [1.807, 2.05) is 0 Å². The molecule has 0 bridgehead atoms. The lowest BCUT2D eigenvalue weighted by molar-refractivity contribution is -0.121. The minimum atomic E-state index is -3.06. The van der Waals surface area contributed by atoms with Crippen LogP contribution in [0.5, 0.6) is 0 Å². The van der Waals surface area contributed by atoms with Crippen molar-refractivity contribution in [3.05, 3.63) is 35.4 Å². The Kier molecular flexibility index (Phi) is 4.62. The van der Waals surface area contributed by atoms with Crippen molar-refractivity contribution in [2.24, 2.45) is 0 Å². The maximum Gasteiger partial charge on any atom is 0.335 e. The number of nitrogens with one attached hydrogen (secondary N) is 1. The van der Waals surface area contributed by atoms with Crippen LogP contribution >= 0.6 is 0 Å². The van der Waals surface area contributed by atoms with E-state index >= 15 is 0 Å². The highest BCUT2D eigenvalue weighted by molar-refractivity contribution is 7.91. The SMILES string of the molecule is O=C(Cc1cccc(C(=O)O)c1)NC1CCCS(=O)(=O)C1. The number of benzene rings is 1. The highest BCUT2D eigenvalue weighted by Crippen LogP contribution is 2.12. The van der Waals surface area contributed by atoms with E-state index < -0.39 is 15.8 Å². The highest BCUT2D eigenvalue weighted by atomic mass is 32.2. The van der Waals surface area contributed by atoms with E-state index in [9.17, 15) is 18.0 Å². The molecule has 1 aromatic carbocycles. The molecule has 1 aliphatic rings. The van der Waals surface area contributed by atoms with Crippen LogP contribution in [0.15, 0.2) is 24.3 Å². The van der Waals surface area contributed by atoms with Crippen LogP contribution in [0.1, 0.15) is 28.8 Å². The van der Waals surface area contributed by atoms with Crippen molar-refractivity contribution in [3.63, 3.8) is 0 Å². The van der Waals surface area contributed by atoms with E-state index in [2.05, 4.69) is 5.32 Å². The summed E-state index contributed by atoms with van der Waals surface area (Å²) >= 11 is 0. The molecule has 1 heterocycles. The van der Waals surface area contributed by atoms with E-state index in [1.165, 1.54) is 12.1 Å². The molecule has 1 aromatic rings. The molecule has 2 rings (SSSR count). The predicted molar refractivity (Wildman–Crippen MR) is 76.9 cm³/mol. The molecule has 1 aliphatic heterocycles. The third-order valence-corrected chi connectivity index (χ3v) is 5.19. The van der Waals surface area contributed by atoms with Gasteiger partial charge in [-0.1, -0.05) is 12.1 Å². The van der Waals surface area contributed by atoms with Crippen LogP contribution in [0.25, 0.3) is 0 Å². The number of carboxylic acid groups (broad SMARTS) is 1. The summed E-state index contributed by atoms with van der Waals surface area (Å²) in [5.74, 6) is -1.18. The number of sulfone groups is 1. The largest absolute Gasteiger partial charge is 0.478 e. The molecule has 1 saturated heterocycles. The lowest BCUT2D eigenvalue weighted by Crippen LogP contribution is -2.43. The van der Waals surface area contributed by atoms with Crippen LogP contribution in [-0.4, -0.2) is 42.9 Å². The van der Waals surface area contributed by atoms with Crippen LogP contribution in [0.4, 0.5) is 0 Å². The van der Waals surface area contributed by atoms with Crippen molar-refractivity contribution in [2.45, 2.75) is 25.3 Å². The molecular weight excluding hydrogens is 294 g/mol. The lowest BCUT2D eigenvalue weighted by atomic mass is 10.1. The van der Waals surface area contributed by atoms with Gasteiger partial charge in [0.1, 0.15) is 0 Å². The third-order valence-electron chi connectivity index (χ3n) is 3.37. The topological polar surface area (TPSA) is 101 Å². The van der Waals surface area contributed by atoms with Gasteiger partial charge >= 0.3 is 5.97 Å². The van der Waals surface area contributed by atoms with Gasteiger partial charge in [0.15, 0.2) is 9.84 Å². The molecule has 7 heteroatoms. The summed E-state index contributed by atoms with van der Waals surface area (Å²) in [7, 11) is -3.06. The number of hydrogen-bond acceptors (Lipinski definition) is 4. The first-order chi connectivity index (χ1) is 9.85. The molecule has 0 aromatic heterocycles. The van der Waals surface area contributed by atoms with Crippen LogP contribution in [0.3, 0.4) is 0 Å². The molecule has 6 nitrogen and oxygen atoms in total. The quantitative estimate of drug-likeness (QED) is 0.849. The normalized spacial score (nSPS) is 20.7. The molecule has 0 spiro atoms. The van der Waals surface area contributed by atoms with E-state index in [0.717, 1.165) is 0 Å². The maximum atomic E-state index is 11.9. The van der Waals surface area contributed by atoms with Gasteiger partial charge in [-0.15, -0.1) is 0 Å². The standard InChI is InChI=1S/C14H17NO5S/c16-13(15-12-5-2-6-21(19,20)9-12)8-10-3-1-4-11(7-10)14(17)18/h1,3-4,7,12H,2,5-6,8-9H2,(H,15,16)(H,17,18). The van der Waals surface area contributed by atoms with Gasteiger partial charge in [-0.05, 0) is 30.5 Å². The second-order valence-corrected chi connectivity index (χ2v) is 7.43. The molecule has 0 aliphatic carbocycles. The molecule has 0 saturated carbocycles. The van der Waals surface area contributed by atoms with Gasteiger partial charge < -0.3 is 10.4 Å². The summed E-state index contributed by atoms with van der Waals surface area (Å²) in [4.78, 5) is 22.8. The summed E-state index contributed by atoms with van der Waals surface area (Å²) in [5, 5.41) is 11.6. The van der Waals surface area contributed by atoms with E-state index in [-0.39, 0.29) is 35.4 Å². The number of rotatable bonds is 4. The van der Waals surface area contributed by atoms with Crippen molar-refractivity contribution < 1.29 is 23.1 Å². The fourth-order valence-electron chi connectivity index (χ4n) is 2.42. The van der Waals surface area contributed by atoms with Crippen LogP contribution in [0, 0.1) is 0 Å². The zero-order valence-corrected chi connectivity index (χ0v) is 12.2. The molecule has 1 amide bonds. The molecule has 0 radical (unpaired) electrons. The Morgan fingerprint density at radius 3 is 2.76 bits per heavy atom. The Balaban J connectivity index is 1.95. The van der Waals surface area contributed by atoms with Gasteiger partial charge in [0.05, 0.1) is 23.5 Å². The first-order valence-corrected chi connectivity index (χ1v) is 8.50. The van der Waals surface area contributed by atoms with Crippen molar-refractivity contribution in [1.29, 1.82) is 0 Å². The number of amides is 1. The van der Waals surface area contributed by atoms with Crippen molar-refractivity contribution in [1.82, 2.24) is 5.32 Å². The molecule has 1 fully saturated rings. The number of hydrogen-bond donors (Lipinski definition) is 2. The van der Waals surface area contributed by atoms with Crippen molar-refractivity contribution in [2.75, 3.05) is 11.5 Å². The minimum absolute atomic E-state index is 0.0199.